The number of anilines is 1. The molecule has 0 bridgehead atoms. The average molecular weight is 560 g/mol. The molecule has 1 atom stereocenters. The number of rotatable bonds is 11. The molecular weight excluding hydrogens is 529 g/mol. The van der Waals surface area contributed by atoms with Gasteiger partial charge >= 0.3 is 0 Å². The zero-order valence-corrected chi connectivity index (χ0v) is 23.1. The molecule has 3 aromatic rings. The van der Waals surface area contributed by atoms with Gasteiger partial charge in [0.2, 0.25) is 11.8 Å². The number of benzene rings is 3. The van der Waals surface area contributed by atoms with E-state index in [9.17, 15) is 22.4 Å². The fourth-order valence-electron chi connectivity index (χ4n) is 3.86. The smallest absolute Gasteiger partial charge is 0.264 e. The Labute approximate surface area is 228 Å². The highest BCUT2D eigenvalue weighted by Crippen LogP contribution is 2.31. The van der Waals surface area contributed by atoms with Crippen LogP contribution in [0.5, 0.6) is 0 Å². The molecule has 0 heterocycles. The summed E-state index contributed by atoms with van der Waals surface area (Å²) in [6.07, 6.45) is 0.710. The fraction of sp³-hybridized carbons (Fsp3) is 0.286. The van der Waals surface area contributed by atoms with Gasteiger partial charge in [0.05, 0.1) is 10.6 Å². The standard InChI is InChI=1S/C28H31ClFN3O4S/c1-4-17-31-28(35)21(3)32(18-22-13-15-23(30)16-14-22)27(34)19-33(26-12-8-11-25(29)20(26)2)38(36,37)24-9-6-5-7-10-24/h5-16,21H,4,17-19H2,1-3H3,(H,31,35). The molecule has 0 aliphatic carbocycles. The second-order valence-corrected chi connectivity index (χ2v) is 11.1. The molecule has 0 aliphatic rings. The number of amides is 2. The zero-order chi connectivity index (χ0) is 27.9. The van der Waals surface area contributed by atoms with E-state index in [1.807, 2.05) is 6.92 Å². The maximum Gasteiger partial charge on any atom is 0.264 e. The summed E-state index contributed by atoms with van der Waals surface area (Å²) in [5, 5.41) is 3.12. The van der Waals surface area contributed by atoms with Crippen molar-refractivity contribution in [2.24, 2.45) is 0 Å². The Kier molecular flexibility index (Phi) is 9.88. The lowest BCUT2D eigenvalue weighted by Crippen LogP contribution is -2.51. The van der Waals surface area contributed by atoms with Crippen LogP contribution < -0.4 is 9.62 Å². The molecule has 1 unspecified atom stereocenters. The summed E-state index contributed by atoms with van der Waals surface area (Å²) < 4.78 is 42.1. The number of sulfonamides is 1. The van der Waals surface area contributed by atoms with Gasteiger partial charge in [-0.3, -0.25) is 13.9 Å². The Morgan fingerprint density at radius 1 is 1.00 bits per heavy atom. The van der Waals surface area contributed by atoms with Crippen molar-refractivity contribution in [3.63, 3.8) is 0 Å². The summed E-state index contributed by atoms with van der Waals surface area (Å²) in [4.78, 5) is 28.0. The van der Waals surface area contributed by atoms with Crippen LogP contribution in [0.15, 0.2) is 77.7 Å². The number of carbonyl (C=O) groups excluding carboxylic acids is 2. The van der Waals surface area contributed by atoms with Gasteiger partial charge in [-0.15, -0.1) is 0 Å². The molecule has 0 fully saturated rings. The van der Waals surface area contributed by atoms with Gasteiger partial charge < -0.3 is 10.2 Å². The summed E-state index contributed by atoms with van der Waals surface area (Å²) in [6.45, 7) is 4.99. The molecule has 0 saturated heterocycles. The minimum Gasteiger partial charge on any atom is -0.354 e. The SMILES string of the molecule is CCCNC(=O)C(C)N(Cc1ccc(F)cc1)C(=O)CN(c1cccc(Cl)c1C)S(=O)(=O)c1ccccc1. The first-order valence-corrected chi connectivity index (χ1v) is 14.0. The lowest BCUT2D eigenvalue weighted by molar-refractivity contribution is -0.139. The van der Waals surface area contributed by atoms with E-state index in [1.165, 1.54) is 41.3 Å². The Hall–Kier alpha value is -3.43. The summed E-state index contributed by atoms with van der Waals surface area (Å²) in [7, 11) is -4.18. The molecular formula is C28H31ClFN3O4S. The Bertz CT molecular complexity index is 1370. The molecule has 7 nitrogen and oxygen atoms in total. The molecule has 202 valence electrons. The van der Waals surface area contributed by atoms with Crippen LogP contribution in [-0.4, -0.2) is 44.3 Å². The van der Waals surface area contributed by atoms with Crippen LogP contribution in [0.3, 0.4) is 0 Å². The first-order valence-electron chi connectivity index (χ1n) is 12.2. The summed E-state index contributed by atoms with van der Waals surface area (Å²) in [5.74, 6) is -1.41. The lowest BCUT2D eigenvalue weighted by Gasteiger charge is -2.32. The van der Waals surface area contributed by atoms with Gasteiger partial charge in [-0.05, 0) is 67.8 Å². The van der Waals surface area contributed by atoms with E-state index < -0.39 is 34.3 Å². The van der Waals surface area contributed by atoms with E-state index in [4.69, 9.17) is 11.6 Å². The average Bonchev–Trinajstić information content (AvgIpc) is 2.91. The van der Waals surface area contributed by atoms with E-state index >= 15 is 0 Å². The predicted molar refractivity (Wildman–Crippen MR) is 147 cm³/mol. The van der Waals surface area contributed by atoms with Crippen LogP contribution in [0.25, 0.3) is 0 Å². The van der Waals surface area contributed by atoms with E-state index in [0.29, 0.717) is 29.1 Å². The second-order valence-electron chi connectivity index (χ2n) is 8.82. The minimum absolute atomic E-state index is 0.00555. The first-order chi connectivity index (χ1) is 18.1. The molecule has 0 aromatic heterocycles. The molecule has 0 aliphatic heterocycles. The number of nitrogens with zero attached hydrogens (tertiary/aromatic N) is 2. The van der Waals surface area contributed by atoms with Crippen LogP contribution in [0.4, 0.5) is 10.1 Å². The third-order valence-electron chi connectivity index (χ3n) is 6.10. The van der Waals surface area contributed by atoms with Crippen molar-refractivity contribution >= 4 is 39.1 Å². The predicted octanol–water partition coefficient (Wildman–Crippen LogP) is 4.93. The highest BCUT2D eigenvalue weighted by atomic mass is 35.5. The number of halogens is 2. The Balaban J connectivity index is 2.04. The maximum absolute atomic E-state index is 13.8. The van der Waals surface area contributed by atoms with Crippen molar-refractivity contribution in [2.75, 3.05) is 17.4 Å². The van der Waals surface area contributed by atoms with Crippen molar-refractivity contribution < 1.29 is 22.4 Å². The van der Waals surface area contributed by atoms with Gasteiger partial charge in [0, 0.05) is 18.1 Å². The van der Waals surface area contributed by atoms with Crippen LogP contribution >= 0.6 is 11.6 Å². The monoisotopic (exact) mass is 559 g/mol. The van der Waals surface area contributed by atoms with Crippen molar-refractivity contribution in [2.45, 2.75) is 44.7 Å². The van der Waals surface area contributed by atoms with Crippen LogP contribution in [-0.2, 0) is 26.2 Å². The van der Waals surface area contributed by atoms with E-state index in [1.54, 1.807) is 50.2 Å². The summed E-state index contributed by atoms with van der Waals surface area (Å²) >= 11 is 6.31. The van der Waals surface area contributed by atoms with Gasteiger partial charge in [-0.1, -0.05) is 54.9 Å². The summed E-state index contributed by atoms with van der Waals surface area (Å²) in [5.41, 5.74) is 1.33. The molecule has 10 heteroatoms. The fourth-order valence-corrected chi connectivity index (χ4v) is 5.53. The molecule has 0 spiro atoms. The minimum atomic E-state index is -4.18. The molecule has 3 aromatic carbocycles. The van der Waals surface area contributed by atoms with Crippen LogP contribution in [0.2, 0.25) is 5.02 Å². The molecule has 0 saturated carbocycles. The molecule has 2 amide bonds. The van der Waals surface area contributed by atoms with Crippen molar-refractivity contribution in [1.29, 1.82) is 0 Å². The maximum atomic E-state index is 13.8. The highest BCUT2D eigenvalue weighted by Gasteiger charge is 2.33. The summed E-state index contributed by atoms with van der Waals surface area (Å²) in [6, 6.07) is 17.3. The van der Waals surface area contributed by atoms with Crippen molar-refractivity contribution in [3.05, 3.63) is 94.8 Å². The number of hydrogen-bond acceptors (Lipinski definition) is 4. The Morgan fingerprint density at radius 3 is 2.29 bits per heavy atom. The first kappa shape index (κ1) is 29.1. The normalized spacial score (nSPS) is 12.0. The highest BCUT2D eigenvalue weighted by molar-refractivity contribution is 7.92. The van der Waals surface area contributed by atoms with Crippen molar-refractivity contribution in [1.82, 2.24) is 10.2 Å². The topological polar surface area (TPSA) is 86.8 Å². The second kappa shape index (κ2) is 12.9. The quantitative estimate of drug-likeness (QED) is 0.361. The van der Waals surface area contributed by atoms with E-state index in [2.05, 4.69) is 5.32 Å². The molecule has 3 rings (SSSR count). The van der Waals surface area contributed by atoms with Gasteiger partial charge in [-0.2, -0.15) is 0 Å². The third-order valence-corrected chi connectivity index (χ3v) is 8.28. The lowest BCUT2D eigenvalue weighted by atomic mass is 10.1. The van der Waals surface area contributed by atoms with E-state index in [0.717, 1.165) is 4.31 Å². The van der Waals surface area contributed by atoms with Gasteiger partial charge in [0.25, 0.3) is 10.0 Å². The molecule has 38 heavy (non-hydrogen) atoms. The third kappa shape index (κ3) is 6.90. The molecule has 0 radical (unpaired) electrons. The van der Waals surface area contributed by atoms with Crippen LogP contribution in [0.1, 0.15) is 31.4 Å². The largest absolute Gasteiger partial charge is 0.354 e. The Morgan fingerprint density at radius 2 is 1.66 bits per heavy atom. The zero-order valence-electron chi connectivity index (χ0n) is 21.5. The van der Waals surface area contributed by atoms with Gasteiger partial charge in [0.15, 0.2) is 0 Å². The van der Waals surface area contributed by atoms with Crippen LogP contribution in [0, 0.1) is 12.7 Å². The van der Waals surface area contributed by atoms with Crippen molar-refractivity contribution in [3.8, 4) is 0 Å². The number of carbonyl (C=O) groups is 2. The van der Waals surface area contributed by atoms with Gasteiger partial charge in [-0.25, -0.2) is 12.8 Å². The number of hydrogen-bond donors (Lipinski definition) is 1. The molecule has 1 N–H and O–H groups in total. The number of nitrogens with one attached hydrogen (secondary N) is 1. The van der Waals surface area contributed by atoms with Gasteiger partial charge in [0.1, 0.15) is 18.4 Å². The van der Waals surface area contributed by atoms with E-state index in [-0.39, 0.29) is 23.0 Å².